The normalized spacial score (nSPS) is 10.5. The molecule has 2 rings (SSSR count). The van der Waals surface area contributed by atoms with Gasteiger partial charge in [0.15, 0.2) is 6.61 Å². The summed E-state index contributed by atoms with van der Waals surface area (Å²) in [6, 6.07) is 4.80. The first-order valence-electron chi connectivity index (χ1n) is 7.78. The van der Waals surface area contributed by atoms with E-state index in [2.05, 4.69) is 0 Å². The van der Waals surface area contributed by atoms with Crippen LogP contribution in [0.25, 0.3) is 10.9 Å². The fraction of sp³-hybridized carbons (Fsp3) is 0.353. The molecule has 0 aliphatic carbocycles. The molecular weight excluding hydrogens is 330 g/mol. The van der Waals surface area contributed by atoms with Crippen molar-refractivity contribution in [3.63, 3.8) is 0 Å². The smallest absolute Gasteiger partial charge is 0.416 e. The molecule has 1 N–H and O–H groups in total. The molecule has 134 valence electrons. The number of hydrogen-bond donors (Lipinski definition) is 1. The summed E-state index contributed by atoms with van der Waals surface area (Å²) in [4.78, 5) is 34.7. The van der Waals surface area contributed by atoms with E-state index in [1.165, 1.54) is 6.20 Å². The van der Waals surface area contributed by atoms with Crippen molar-refractivity contribution >= 4 is 28.9 Å². The highest BCUT2D eigenvalue weighted by molar-refractivity contribution is 5.97. The summed E-state index contributed by atoms with van der Waals surface area (Å²) in [5.74, 6) is -0.721. The maximum Gasteiger partial charge on any atom is 0.416 e. The molecule has 0 fully saturated rings. The zero-order valence-corrected chi connectivity index (χ0v) is 14.0. The molecule has 0 amide bonds. The number of rotatable bonds is 7. The van der Waals surface area contributed by atoms with Crippen LogP contribution in [0.4, 0.5) is 4.79 Å². The van der Waals surface area contributed by atoms with Crippen molar-refractivity contribution < 1.29 is 33.7 Å². The van der Waals surface area contributed by atoms with Crippen molar-refractivity contribution in [2.24, 2.45) is 0 Å². The van der Waals surface area contributed by atoms with E-state index >= 15 is 0 Å². The second-order valence-corrected chi connectivity index (χ2v) is 5.03. The van der Waals surface area contributed by atoms with Crippen molar-refractivity contribution in [1.29, 1.82) is 0 Å². The molecule has 1 aromatic carbocycles. The lowest BCUT2D eigenvalue weighted by atomic mass is 10.1. The number of carboxylic acid groups (broad SMARTS) is 1. The van der Waals surface area contributed by atoms with E-state index in [0.29, 0.717) is 22.2 Å². The number of carbonyl (C=O) groups excluding carboxylic acids is 2. The number of hydrogen-bond acceptors (Lipinski definition) is 6. The molecular formula is C17H19NO7. The number of fused-ring (bicyclic) bond motifs is 1. The highest BCUT2D eigenvalue weighted by atomic mass is 16.6. The summed E-state index contributed by atoms with van der Waals surface area (Å²) in [5, 5.41) is 9.79. The second kappa shape index (κ2) is 8.18. The third kappa shape index (κ3) is 4.28. The standard InChI is InChI=1S/C17H19NO7/c1-3-23-14(19)8-11-9-18(17(21)22)12-6-5-7-13(16(11)12)25-10-15(20)24-4-2/h5-7,9H,3-4,8,10H2,1-2H3,(H,21,22). The highest BCUT2D eigenvalue weighted by Gasteiger charge is 2.19. The number of carbonyl (C=O) groups is 3. The lowest BCUT2D eigenvalue weighted by Gasteiger charge is -2.09. The van der Waals surface area contributed by atoms with Crippen LogP contribution in [0.15, 0.2) is 24.4 Å². The Hall–Kier alpha value is -3.03. The summed E-state index contributed by atoms with van der Waals surface area (Å²) in [6.07, 6.45) is 0.0496. The average molecular weight is 349 g/mol. The quantitative estimate of drug-likeness (QED) is 0.764. The van der Waals surface area contributed by atoms with Gasteiger partial charge < -0.3 is 19.3 Å². The van der Waals surface area contributed by atoms with Gasteiger partial charge in [0, 0.05) is 11.6 Å². The predicted octanol–water partition coefficient (Wildman–Crippen LogP) is 2.21. The molecule has 8 nitrogen and oxygen atoms in total. The Kier molecular flexibility index (Phi) is 5.99. The third-order valence-electron chi connectivity index (χ3n) is 3.37. The van der Waals surface area contributed by atoms with Gasteiger partial charge in [-0.15, -0.1) is 0 Å². The number of esters is 2. The van der Waals surface area contributed by atoms with Gasteiger partial charge in [-0.25, -0.2) is 9.59 Å². The van der Waals surface area contributed by atoms with Crippen LogP contribution in [0.2, 0.25) is 0 Å². The van der Waals surface area contributed by atoms with Crippen LogP contribution in [-0.4, -0.2) is 47.5 Å². The summed E-state index contributed by atoms with van der Waals surface area (Å²) in [6.45, 7) is 3.51. The van der Waals surface area contributed by atoms with Crippen molar-refractivity contribution in [3.8, 4) is 5.75 Å². The van der Waals surface area contributed by atoms with Crippen LogP contribution in [0.3, 0.4) is 0 Å². The fourth-order valence-corrected chi connectivity index (χ4v) is 2.45. The second-order valence-electron chi connectivity index (χ2n) is 5.03. The Labute approximate surface area is 143 Å². The van der Waals surface area contributed by atoms with E-state index in [1.54, 1.807) is 32.0 Å². The lowest BCUT2D eigenvalue weighted by molar-refractivity contribution is -0.145. The van der Waals surface area contributed by atoms with Crippen LogP contribution in [0.5, 0.6) is 5.75 Å². The van der Waals surface area contributed by atoms with Crippen LogP contribution in [0.1, 0.15) is 19.4 Å². The minimum atomic E-state index is -1.19. The van der Waals surface area contributed by atoms with Gasteiger partial charge in [0.1, 0.15) is 5.75 Å². The molecule has 0 bridgehead atoms. The van der Waals surface area contributed by atoms with E-state index in [4.69, 9.17) is 14.2 Å². The Bertz CT molecular complexity index is 794. The maximum absolute atomic E-state index is 11.8. The Morgan fingerprint density at radius 3 is 2.40 bits per heavy atom. The first kappa shape index (κ1) is 18.3. The molecule has 0 aliphatic rings. The first-order chi connectivity index (χ1) is 12.0. The van der Waals surface area contributed by atoms with Gasteiger partial charge in [-0.3, -0.25) is 9.36 Å². The molecule has 0 saturated carbocycles. The minimum absolute atomic E-state index is 0.107. The number of ether oxygens (including phenoxy) is 3. The molecule has 8 heteroatoms. The predicted molar refractivity (Wildman–Crippen MR) is 87.8 cm³/mol. The molecule has 0 spiro atoms. The first-order valence-corrected chi connectivity index (χ1v) is 7.78. The van der Waals surface area contributed by atoms with E-state index in [9.17, 15) is 19.5 Å². The van der Waals surface area contributed by atoms with E-state index < -0.39 is 18.0 Å². The minimum Gasteiger partial charge on any atom is -0.481 e. The number of nitrogens with zero attached hydrogens (tertiary/aromatic N) is 1. The fourth-order valence-electron chi connectivity index (χ4n) is 2.45. The Balaban J connectivity index is 2.42. The molecule has 0 unspecified atom stereocenters. The Morgan fingerprint density at radius 1 is 1.08 bits per heavy atom. The molecule has 1 aromatic heterocycles. The van der Waals surface area contributed by atoms with Crippen molar-refractivity contribution in [1.82, 2.24) is 4.57 Å². The largest absolute Gasteiger partial charge is 0.481 e. The zero-order chi connectivity index (χ0) is 18.4. The van der Waals surface area contributed by atoms with Gasteiger partial charge in [0.25, 0.3) is 0 Å². The van der Waals surface area contributed by atoms with Gasteiger partial charge in [0.2, 0.25) is 0 Å². The van der Waals surface area contributed by atoms with Gasteiger partial charge >= 0.3 is 18.0 Å². The van der Waals surface area contributed by atoms with Crippen molar-refractivity contribution in [2.45, 2.75) is 20.3 Å². The van der Waals surface area contributed by atoms with Gasteiger partial charge in [-0.1, -0.05) is 6.07 Å². The van der Waals surface area contributed by atoms with Gasteiger partial charge in [0.05, 0.1) is 25.2 Å². The average Bonchev–Trinajstić information content (AvgIpc) is 2.93. The molecule has 1 heterocycles. The summed E-state index contributed by atoms with van der Waals surface area (Å²) in [7, 11) is 0. The SMILES string of the molecule is CCOC(=O)COc1cccc2c1c(CC(=O)OCC)cn2C(=O)O. The van der Waals surface area contributed by atoms with Crippen LogP contribution in [0, 0.1) is 0 Å². The third-order valence-corrected chi connectivity index (χ3v) is 3.37. The van der Waals surface area contributed by atoms with Crippen LogP contribution in [-0.2, 0) is 25.5 Å². The number of benzene rings is 1. The molecule has 0 radical (unpaired) electrons. The summed E-state index contributed by atoms with van der Waals surface area (Å²) in [5.41, 5.74) is 0.795. The topological polar surface area (TPSA) is 104 Å². The van der Waals surface area contributed by atoms with Crippen molar-refractivity contribution in [3.05, 3.63) is 30.0 Å². The zero-order valence-electron chi connectivity index (χ0n) is 14.0. The molecule has 25 heavy (non-hydrogen) atoms. The van der Waals surface area contributed by atoms with Crippen LogP contribution >= 0.6 is 0 Å². The molecule has 0 aliphatic heterocycles. The molecule has 0 atom stereocenters. The van der Waals surface area contributed by atoms with Gasteiger partial charge in [-0.05, 0) is 31.5 Å². The van der Waals surface area contributed by atoms with Gasteiger partial charge in [-0.2, -0.15) is 0 Å². The summed E-state index contributed by atoms with van der Waals surface area (Å²) >= 11 is 0. The highest BCUT2D eigenvalue weighted by Crippen LogP contribution is 2.31. The summed E-state index contributed by atoms with van der Waals surface area (Å²) < 4.78 is 16.2. The van der Waals surface area contributed by atoms with E-state index in [0.717, 1.165) is 4.57 Å². The molecule has 2 aromatic rings. The van der Waals surface area contributed by atoms with Crippen molar-refractivity contribution in [2.75, 3.05) is 19.8 Å². The molecule has 0 saturated heterocycles. The lowest BCUT2D eigenvalue weighted by Crippen LogP contribution is -2.14. The Morgan fingerprint density at radius 2 is 1.76 bits per heavy atom. The maximum atomic E-state index is 11.8. The van der Waals surface area contributed by atoms with E-state index in [1.807, 2.05) is 0 Å². The monoisotopic (exact) mass is 349 g/mol. The van der Waals surface area contributed by atoms with Crippen LogP contribution < -0.4 is 4.74 Å². The number of aromatic nitrogens is 1. The van der Waals surface area contributed by atoms with E-state index in [-0.39, 0.29) is 26.2 Å².